The topological polar surface area (TPSA) is 0 Å². The number of rotatable bonds is 0. The van der Waals surface area contributed by atoms with Gasteiger partial charge in [0, 0.05) is 78.5 Å². The molecule has 29 valence electrons. The maximum Gasteiger partial charge on any atom is 0 e. The predicted molar refractivity (Wildman–Crippen MR) is 5.75 cm³/mol. The molecule has 0 unspecified atom stereocenters. The molecule has 0 aliphatic rings. The molecule has 0 aromatic carbocycles. The van der Waals surface area contributed by atoms with Crippen molar-refractivity contribution in [2.24, 2.45) is 0 Å². The SMILES string of the molecule is [Ag].[Al].[Cu].[Ti]. The van der Waals surface area contributed by atoms with Crippen molar-refractivity contribution in [1.29, 1.82) is 0 Å². The molecule has 0 bridgehead atoms. The summed E-state index contributed by atoms with van der Waals surface area (Å²) in [4.78, 5) is 0. The molecule has 0 saturated heterocycles. The van der Waals surface area contributed by atoms with Crippen LogP contribution >= 0.6 is 0 Å². The Balaban J connectivity index is 0. The molecular weight excluding hydrogens is 246 g/mol. The van der Waals surface area contributed by atoms with Crippen molar-refractivity contribution < 1.29 is 61.2 Å². The first kappa shape index (κ1) is 31.4. The summed E-state index contributed by atoms with van der Waals surface area (Å²) in [6, 6.07) is 0. The quantitative estimate of drug-likeness (QED) is 0.511. The molecule has 0 rings (SSSR count). The minimum Gasteiger partial charge on any atom is 0 e. The molecule has 0 saturated carbocycles. The zero-order valence-electron chi connectivity index (χ0n) is 1.68. The van der Waals surface area contributed by atoms with Gasteiger partial charge in [-0.3, -0.25) is 0 Å². The van der Waals surface area contributed by atoms with Gasteiger partial charge in [-0.05, 0) is 0 Å². The summed E-state index contributed by atoms with van der Waals surface area (Å²) in [7, 11) is 0. The summed E-state index contributed by atoms with van der Waals surface area (Å²) in [5.41, 5.74) is 0. The van der Waals surface area contributed by atoms with E-state index in [1.807, 2.05) is 0 Å². The van der Waals surface area contributed by atoms with Crippen molar-refractivity contribution in [3.05, 3.63) is 0 Å². The fourth-order valence-corrected chi connectivity index (χ4v) is 0. The molecule has 0 aromatic heterocycles. The van der Waals surface area contributed by atoms with Crippen LogP contribution in [0.15, 0.2) is 0 Å². The molecule has 0 heterocycles. The van der Waals surface area contributed by atoms with Gasteiger partial charge in [-0.15, -0.1) is 0 Å². The number of hydrogen-bond donors (Lipinski definition) is 0. The Morgan fingerprint density at radius 1 is 1.00 bits per heavy atom. The smallest absolute Gasteiger partial charge is 0 e. The van der Waals surface area contributed by atoms with Crippen LogP contribution in [0.1, 0.15) is 0 Å². The van der Waals surface area contributed by atoms with Gasteiger partial charge in [0.15, 0.2) is 0 Å². The molecule has 0 aliphatic carbocycles. The van der Waals surface area contributed by atoms with Crippen LogP contribution in [0.4, 0.5) is 0 Å². The van der Waals surface area contributed by atoms with Gasteiger partial charge in [0.05, 0.1) is 0 Å². The number of hydrogen-bond acceptors (Lipinski definition) is 0. The third kappa shape index (κ3) is 8.82. The summed E-state index contributed by atoms with van der Waals surface area (Å²) in [6.45, 7) is 0. The van der Waals surface area contributed by atoms with E-state index in [9.17, 15) is 0 Å². The van der Waals surface area contributed by atoms with Crippen molar-refractivity contribution in [2.75, 3.05) is 0 Å². The Bertz CT molecular complexity index is 8.00. The Morgan fingerprint density at radius 2 is 1.00 bits per heavy atom. The van der Waals surface area contributed by atoms with Gasteiger partial charge >= 0.3 is 0 Å². The third-order valence-electron chi connectivity index (χ3n) is 0. The molecule has 0 spiro atoms. The van der Waals surface area contributed by atoms with Crippen LogP contribution in [0, 0.1) is 0 Å². The van der Waals surface area contributed by atoms with Crippen molar-refractivity contribution in [2.45, 2.75) is 0 Å². The van der Waals surface area contributed by atoms with E-state index >= 15 is 0 Å². The Labute approximate surface area is 77.5 Å². The fourth-order valence-electron chi connectivity index (χ4n) is 0. The van der Waals surface area contributed by atoms with Crippen LogP contribution in [-0.4, -0.2) is 17.4 Å². The zero-order valence-corrected chi connectivity index (χ0v) is 6.82. The molecule has 5 radical (unpaired) electrons. The average molecular weight is 246 g/mol. The summed E-state index contributed by atoms with van der Waals surface area (Å²) in [5.74, 6) is 0. The predicted octanol–water partition coefficient (Wildman–Crippen LogP) is -0.388. The summed E-state index contributed by atoms with van der Waals surface area (Å²) < 4.78 is 0. The van der Waals surface area contributed by atoms with E-state index < -0.39 is 0 Å². The Hall–Kier alpha value is 2.51. The maximum atomic E-state index is 0. The zero-order chi connectivity index (χ0) is 0. The third-order valence-corrected chi connectivity index (χ3v) is 0. The van der Waals surface area contributed by atoms with Gasteiger partial charge in [0.25, 0.3) is 0 Å². The van der Waals surface area contributed by atoms with Gasteiger partial charge in [0.2, 0.25) is 0 Å². The van der Waals surface area contributed by atoms with Crippen LogP contribution in [0.2, 0.25) is 0 Å². The molecule has 0 amide bonds. The summed E-state index contributed by atoms with van der Waals surface area (Å²) in [6.07, 6.45) is 0. The second-order valence-electron chi connectivity index (χ2n) is 0. The molecule has 0 atom stereocenters. The minimum absolute atomic E-state index is 0. The van der Waals surface area contributed by atoms with E-state index in [0.717, 1.165) is 0 Å². The van der Waals surface area contributed by atoms with E-state index in [0.29, 0.717) is 0 Å². The van der Waals surface area contributed by atoms with Crippen molar-refractivity contribution >= 4 is 17.4 Å². The normalized spacial score (nSPS) is 0. The van der Waals surface area contributed by atoms with Crippen molar-refractivity contribution in [1.82, 2.24) is 0 Å². The Morgan fingerprint density at radius 3 is 1.00 bits per heavy atom. The maximum absolute atomic E-state index is 0. The standard InChI is InChI=1S/Ag.Al.Cu.Ti. The molecular formula is AgAlCuTi. The molecule has 4 heteroatoms. The van der Waals surface area contributed by atoms with Crippen LogP contribution in [0.5, 0.6) is 0 Å². The van der Waals surface area contributed by atoms with Crippen LogP contribution < -0.4 is 0 Å². The van der Waals surface area contributed by atoms with Gasteiger partial charge in [0.1, 0.15) is 0 Å². The molecule has 0 N–H and O–H groups in total. The molecule has 0 aliphatic heterocycles. The molecule has 0 fully saturated rings. The first-order chi connectivity index (χ1) is 0. The second kappa shape index (κ2) is 17.8. The van der Waals surface area contributed by atoms with E-state index in [4.69, 9.17) is 0 Å². The van der Waals surface area contributed by atoms with E-state index in [1.54, 1.807) is 0 Å². The molecule has 0 aromatic rings. The second-order valence-corrected chi connectivity index (χ2v) is 0. The first-order valence-electron chi connectivity index (χ1n) is 0. The van der Waals surface area contributed by atoms with Crippen LogP contribution in [0.3, 0.4) is 0 Å². The Kier molecular flexibility index (Phi) is 140. The summed E-state index contributed by atoms with van der Waals surface area (Å²) >= 11 is 0. The van der Waals surface area contributed by atoms with Crippen molar-refractivity contribution in [3.63, 3.8) is 0 Å². The van der Waals surface area contributed by atoms with E-state index in [1.165, 1.54) is 0 Å². The van der Waals surface area contributed by atoms with Gasteiger partial charge in [-0.25, -0.2) is 0 Å². The van der Waals surface area contributed by atoms with Gasteiger partial charge in [-0.1, -0.05) is 0 Å². The van der Waals surface area contributed by atoms with Gasteiger partial charge in [-0.2, -0.15) is 0 Å². The van der Waals surface area contributed by atoms with E-state index in [2.05, 4.69) is 0 Å². The molecule has 4 heavy (non-hydrogen) atoms. The van der Waals surface area contributed by atoms with E-state index in [-0.39, 0.29) is 78.5 Å². The van der Waals surface area contributed by atoms with Crippen molar-refractivity contribution in [3.8, 4) is 0 Å². The summed E-state index contributed by atoms with van der Waals surface area (Å²) in [5, 5.41) is 0. The first-order valence-corrected chi connectivity index (χ1v) is 0. The largest absolute Gasteiger partial charge is 0 e. The average Bonchev–Trinajstić information content (AvgIpc) is 0. The molecule has 0 nitrogen and oxygen atoms in total. The van der Waals surface area contributed by atoms with Crippen LogP contribution in [-0.2, 0) is 61.2 Å². The fraction of sp³-hybridized carbons (Fsp3) is 0. The monoisotopic (exact) mass is 245 g/mol. The minimum atomic E-state index is 0. The van der Waals surface area contributed by atoms with Gasteiger partial charge < -0.3 is 0 Å². The van der Waals surface area contributed by atoms with Crippen LogP contribution in [0.25, 0.3) is 0 Å².